The molecular weight excluding hydrogens is 214 g/mol. The molecule has 0 aliphatic rings. The Morgan fingerprint density at radius 3 is 1.94 bits per heavy atom. The Morgan fingerprint density at radius 2 is 1.62 bits per heavy atom. The standard InChI is InChI=1S/C14H21NS/c1-9-6-11(14(3,4)5)7-10(2)12(9)8-13(15)16/h6-7H,8H2,1-5H3,(H2,15,16). The van der Waals surface area contributed by atoms with Gasteiger partial charge in [0.1, 0.15) is 0 Å². The summed E-state index contributed by atoms with van der Waals surface area (Å²) in [5.41, 5.74) is 11.0. The molecule has 2 N–H and O–H groups in total. The van der Waals surface area contributed by atoms with Crippen LogP contribution in [0, 0.1) is 13.8 Å². The fourth-order valence-electron chi connectivity index (χ4n) is 1.88. The van der Waals surface area contributed by atoms with Crippen LogP contribution in [0.1, 0.15) is 43.0 Å². The molecule has 0 aliphatic carbocycles. The lowest BCUT2D eigenvalue weighted by atomic mass is 9.83. The van der Waals surface area contributed by atoms with Gasteiger partial charge in [-0.1, -0.05) is 45.1 Å². The van der Waals surface area contributed by atoms with Crippen molar-refractivity contribution < 1.29 is 0 Å². The molecule has 0 amide bonds. The minimum absolute atomic E-state index is 0.192. The Morgan fingerprint density at radius 1 is 1.19 bits per heavy atom. The summed E-state index contributed by atoms with van der Waals surface area (Å²) in [4.78, 5) is 0.565. The molecule has 0 fully saturated rings. The van der Waals surface area contributed by atoms with Gasteiger partial charge in [0.2, 0.25) is 0 Å². The highest BCUT2D eigenvalue weighted by molar-refractivity contribution is 7.80. The lowest BCUT2D eigenvalue weighted by molar-refractivity contribution is 0.589. The van der Waals surface area contributed by atoms with Crippen LogP contribution in [0.25, 0.3) is 0 Å². The zero-order chi connectivity index (χ0) is 12.5. The summed E-state index contributed by atoms with van der Waals surface area (Å²) in [5.74, 6) is 0. The zero-order valence-electron chi connectivity index (χ0n) is 10.8. The first-order valence-electron chi connectivity index (χ1n) is 5.60. The van der Waals surface area contributed by atoms with Crippen LogP contribution in [0.3, 0.4) is 0 Å². The molecule has 88 valence electrons. The molecule has 0 aliphatic heterocycles. The number of benzene rings is 1. The lowest BCUT2D eigenvalue weighted by Crippen LogP contribution is -2.16. The van der Waals surface area contributed by atoms with Gasteiger partial charge >= 0.3 is 0 Å². The SMILES string of the molecule is Cc1cc(C(C)(C)C)cc(C)c1CC(N)=S. The summed E-state index contributed by atoms with van der Waals surface area (Å²) >= 11 is 4.98. The first kappa shape index (κ1) is 13.2. The van der Waals surface area contributed by atoms with E-state index >= 15 is 0 Å². The Balaban J connectivity index is 3.23. The minimum Gasteiger partial charge on any atom is -0.393 e. The molecule has 1 rings (SSSR count). The van der Waals surface area contributed by atoms with Crippen molar-refractivity contribution in [2.45, 2.75) is 46.5 Å². The van der Waals surface area contributed by atoms with Gasteiger partial charge in [0.25, 0.3) is 0 Å². The fourth-order valence-corrected chi connectivity index (χ4v) is 2.02. The third kappa shape index (κ3) is 3.05. The number of hydrogen-bond donors (Lipinski definition) is 1. The van der Waals surface area contributed by atoms with Crippen LogP contribution >= 0.6 is 12.2 Å². The van der Waals surface area contributed by atoms with Gasteiger partial charge in [0, 0.05) is 6.42 Å². The van der Waals surface area contributed by atoms with E-state index in [1.807, 2.05) is 0 Å². The summed E-state index contributed by atoms with van der Waals surface area (Å²) in [6.45, 7) is 11.0. The number of hydrogen-bond acceptors (Lipinski definition) is 1. The molecule has 2 heteroatoms. The molecule has 0 atom stereocenters. The molecular formula is C14H21NS. The van der Waals surface area contributed by atoms with E-state index in [0.717, 1.165) is 0 Å². The van der Waals surface area contributed by atoms with Gasteiger partial charge in [-0.3, -0.25) is 0 Å². The summed E-state index contributed by atoms with van der Waals surface area (Å²) in [6, 6.07) is 4.50. The predicted molar refractivity (Wildman–Crippen MR) is 75.1 cm³/mol. The summed E-state index contributed by atoms with van der Waals surface area (Å²) in [5, 5.41) is 0. The quantitative estimate of drug-likeness (QED) is 0.795. The van der Waals surface area contributed by atoms with Crippen molar-refractivity contribution in [3.63, 3.8) is 0 Å². The van der Waals surface area contributed by atoms with E-state index in [1.165, 1.54) is 22.3 Å². The number of thiocarbonyl (C=S) groups is 1. The second-order valence-corrected chi connectivity index (χ2v) is 6.01. The Bertz CT molecular complexity index is 390. The van der Waals surface area contributed by atoms with Crippen molar-refractivity contribution in [2.24, 2.45) is 5.73 Å². The van der Waals surface area contributed by atoms with Crippen molar-refractivity contribution in [3.05, 3.63) is 34.4 Å². The van der Waals surface area contributed by atoms with E-state index in [0.29, 0.717) is 11.4 Å². The Kier molecular flexibility index (Phi) is 3.74. The van der Waals surface area contributed by atoms with Gasteiger partial charge in [-0.25, -0.2) is 0 Å². The van der Waals surface area contributed by atoms with Crippen molar-refractivity contribution in [2.75, 3.05) is 0 Å². The highest BCUT2D eigenvalue weighted by Crippen LogP contribution is 2.27. The average Bonchev–Trinajstić information content (AvgIpc) is 2.09. The lowest BCUT2D eigenvalue weighted by Gasteiger charge is -2.22. The van der Waals surface area contributed by atoms with E-state index in [-0.39, 0.29) is 5.41 Å². The van der Waals surface area contributed by atoms with Crippen molar-refractivity contribution in [3.8, 4) is 0 Å². The molecule has 0 spiro atoms. The smallest absolute Gasteiger partial charge is 0.0771 e. The third-order valence-electron chi connectivity index (χ3n) is 2.91. The van der Waals surface area contributed by atoms with Crippen LogP contribution < -0.4 is 5.73 Å². The Hall–Kier alpha value is -0.890. The predicted octanol–water partition coefficient (Wildman–Crippen LogP) is 3.43. The molecule has 0 saturated carbocycles. The van der Waals surface area contributed by atoms with Gasteiger partial charge < -0.3 is 5.73 Å². The number of nitrogens with two attached hydrogens (primary N) is 1. The van der Waals surface area contributed by atoms with E-state index in [9.17, 15) is 0 Å². The number of aryl methyl sites for hydroxylation is 2. The normalized spacial score (nSPS) is 11.6. The topological polar surface area (TPSA) is 26.0 Å². The molecule has 0 bridgehead atoms. The van der Waals surface area contributed by atoms with Crippen LogP contribution in [0.2, 0.25) is 0 Å². The van der Waals surface area contributed by atoms with Gasteiger partial charge in [-0.15, -0.1) is 0 Å². The van der Waals surface area contributed by atoms with Crippen LogP contribution in [0.5, 0.6) is 0 Å². The van der Waals surface area contributed by atoms with Gasteiger partial charge in [0.05, 0.1) is 4.99 Å². The summed E-state index contributed by atoms with van der Waals surface area (Å²) < 4.78 is 0. The van der Waals surface area contributed by atoms with Crippen LogP contribution in [0.4, 0.5) is 0 Å². The third-order valence-corrected chi connectivity index (χ3v) is 3.06. The summed E-state index contributed by atoms with van der Waals surface area (Å²) in [7, 11) is 0. The maximum atomic E-state index is 5.62. The first-order chi connectivity index (χ1) is 7.21. The molecule has 1 aromatic carbocycles. The largest absolute Gasteiger partial charge is 0.393 e. The van der Waals surface area contributed by atoms with Gasteiger partial charge in [-0.2, -0.15) is 0 Å². The number of rotatable bonds is 2. The van der Waals surface area contributed by atoms with E-state index in [1.54, 1.807) is 0 Å². The van der Waals surface area contributed by atoms with Crippen molar-refractivity contribution in [1.82, 2.24) is 0 Å². The second kappa shape index (κ2) is 4.54. The van der Waals surface area contributed by atoms with Crippen molar-refractivity contribution >= 4 is 17.2 Å². The molecule has 0 heterocycles. The summed E-state index contributed by atoms with van der Waals surface area (Å²) in [6.07, 6.45) is 0.706. The average molecular weight is 235 g/mol. The minimum atomic E-state index is 0.192. The molecule has 0 radical (unpaired) electrons. The molecule has 0 unspecified atom stereocenters. The molecule has 16 heavy (non-hydrogen) atoms. The second-order valence-electron chi connectivity index (χ2n) is 5.48. The maximum Gasteiger partial charge on any atom is 0.0771 e. The van der Waals surface area contributed by atoms with Crippen LogP contribution in [0.15, 0.2) is 12.1 Å². The molecule has 1 aromatic rings. The highest BCUT2D eigenvalue weighted by atomic mass is 32.1. The maximum absolute atomic E-state index is 5.62. The fraction of sp³-hybridized carbons (Fsp3) is 0.500. The van der Waals surface area contributed by atoms with E-state index in [2.05, 4.69) is 46.8 Å². The first-order valence-corrected chi connectivity index (χ1v) is 6.01. The highest BCUT2D eigenvalue weighted by Gasteiger charge is 2.16. The zero-order valence-corrected chi connectivity index (χ0v) is 11.7. The van der Waals surface area contributed by atoms with Gasteiger partial charge in [0.15, 0.2) is 0 Å². The van der Waals surface area contributed by atoms with Crippen LogP contribution in [-0.4, -0.2) is 4.99 Å². The van der Waals surface area contributed by atoms with E-state index in [4.69, 9.17) is 18.0 Å². The van der Waals surface area contributed by atoms with Gasteiger partial charge in [-0.05, 0) is 41.5 Å². The monoisotopic (exact) mass is 235 g/mol. The van der Waals surface area contributed by atoms with E-state index < -0.39 is 0 Å². The Labute approximate surface area is 104 Å². The van der Waals surface area contributed by atoms with Crippen LogP contribution in [-0.2, 0) is 11.8 Å². The molecule has 1 nitrogen and oxygen atoms in total. The van der Waals surface area contributed by atoms with Crippen molar-refractivity contribution in [1.29, 1.82) is 0 Å². The molecule has 0 saturated heterocycles. The molecule has 0 aromatic heterocycles.